The van der Waals surface area contributed by atoms with Crippen LogP contribution in [0.3, 0.4) is 0 Å². The number of nitrogen functional groups attached to an aromatic ring is 1. The molecule has 1 aromatic heterocycles. The smallest absolute Gasteiger partial charge is 0.242 e. The molecule has 7 heteroatoms. The van der Waals surface area contributed by atoms with Crippen LogP contribution in [0, 0.1) is 0 Å². The lowest BCUT2D eigenvalue weighted by atomic mass is 10.2. The second-order valence-corrected chi connectivity index (χ2v) is 4.67. The molecule has 0 aromatic carbocycles. The number of hydrogen-bond acceptors (Lipinski definition) is 5. The van der Waals surface area contributed by atoms with Gasteiger partial charge in [-0.05, 0) is 22.0 Å². The summed E-state index contributed by atoms with van der Waals surface area (Å²) in [6, 6.07) is 1.23. The van der Waals surface area contributed by atoms with Crippen molar-refractivity contribution in [2.75, 3.05) is 30.4 Å². The van der Waals surface area contributed by atoms with Crippen LogP contribution in [0.4, 0.5) is 11.5 Å². The summed E-state index contributed by atoms with van der Waals surface area (Å²) in [6.07, 6.45) is 1.64. The molecule has 0 bridgehead atoms. The van der Waals surface area contributed by atoms with Crippen molar-refractivity contribution >= 4 is 33.3 Å². The molecular weight excluding hydrogens is 288 g/mol. The highest BCUT2D eigenvalue weighted by molar-refractivity contribution is 9.10. The van der Waals surface area contributed by atoms with Crippen LogP contribution < -0.4 is 16.4 Å². The third-order valence-electron chi connectivity index (χ3n) is 2.59. The summed E-state index contributed by atoms with van der Waals surface area (Å²) in [5.41, 5.74) is 11.7. The number of ether oxygens (including phenoxy) is 1. The number of carbonyl (C=O) groups excluding carboxylic acids is 1. The number of amides is 1. The summed E-state index contributed by atoms with van der Waals surface area (Å²) in [6.45, 7) is 1.35. The Labute approximate surface area is 107 Å². The fraction of sp³-hybridized carbons (Fsp3) is 0.400. The van der Waals surface area contributed by atoms with E-state index in [1.54, 1.807) is 17.2 Å². The van der Waals surface area contributed by atoms with E-state index in [4.69, 9.17) is 16.2 Å². The molecule has 4 N–H and O–H groups in total. The molecule has 1 atom stereocenters. The normalized spacial score (nSPS) is 20.3. The van der Waals surface area contributed by atoms with Gasteiger partial charge in [0.1, 0.15) is 6.04 Å². The minimum absolute atomic E-state index is 0.270. The van der Waals surface area contributed by atoms with Gasteiger partial charge < -0.3 is 21.1 Å². The molecule has 1 aromatic rings. The van der Waals surface area contributed by atoms with Crippen LogP contribution in [0.1, 0.15) is 0 Å². The predicted octanol–water partition coefficient (Wildman–Crippen LogP) is 0.117. The van der Waals surface area contributed by atoms with Gasteiger partial charge >= 0.3 is 0 Å². The molecule has 0 aliphatic carbocycles. The minimum Gasteiger partial charge on any atom is -0.396 e. The number of pyridine rings is 1. The first kappa shape index (κ1) is 12.1. The second-order valence-electron chi connectivity index (χ2n) is 3.75. The van der Waals surface area contributed by atoms with Gasteiger partial charge in [-0.2, -0.15) is 0 Å². The SMILES string of the molecule is NC(=O)C1COCCN1c1ncc(Br)cc1N. The number of halogens is 1. The molecule has 1 fully saturated rings. The average Bonchev–Trinajstić information content (AvgIpc) is 2.29. The highest BCUT2D eigenvalue weighted by Crippen LogP contribution is 2.26. The first-order valence-corrected chi connectivity index (χ1v) is 5.93. The van der Waals surface area contributed by atoms with Crippen molar-refractivity contribution in [3.8, 4) is 0 Å². The molecule has 6 nitrogen and oxygen atoms in total. The van der Waals surface area contributed by atoms with Crippen molar-refractivity contribution in [3.05, 3.63) is 16.7 Å². The Hall–Kier alpha value is -1.34. The molecule has 1 unspecified atom stereocenters. The third-order valence-corrected chi connectivity index (χ3v) is 3.02. The van der Waals surface area contributed by atoms with E-state index in [1.807, 2.05) is 0 Å². The standard InChI is InChI=1S/C10H13BrN4O2/c11-6-3-7(12)10(14-4-6)15-1-2-17-5-8(15)9(13)16/h3-4,8H,1-2,5,12H2,(H2,13,16). The molecule has 1 amide bonds. The third kappa shape index (κ3) is 2.50. The van der Waals surface area contributed by atoms with E-state index < -0.39 is 11.9 Å². The minimum atomic E-state index is -0.514. The number of nitrogens with two attached hydrogens (primary N) is 2. The van der Waals surface area contributed by atoms with Gasteiger partial charge in [-0.25, -0.2) is 4.98 Å². The fourth-order valence-electron chi connectivity index (χ4n) is 1.78. The molecule has 2 rings (SSSR count). The van der Waals surface area contributed by atoms with E-state index in [2.05, 4.69) is 20.9 Å². The monoisotopic (exact) mass is 300 g/mol. The number of rotatable bonds is 2. The zero-order valence-electron chi connectivity index (χ0n) is 9.10. The Morgan fingerprint density at radius 3 is 3.06 bits per heavy atom. The van der Waals surface area contributed by atoms with Crippen LogP contribution in [0.2, 0.25) is 0 Å². The number of anilines is 2. The van der Waals surface area contributed by atoms with Gasteiger partial charge in [-0.1, -0.05) is 0 Å². The van der Waals surface area contributed by atoms with Crippen molar-refractivity contribution in [2.45, 2.75) is 6.04 Å². The summed E-state index contributed by atoms with van der Waals surface area (Å²) in [7, 11) is 0. The topological polar surface area (TPSA) is 94.5 Å². The highest BCUT2D eigenvalue weighted by atomic mass is 79.9. The Morgan fingerprint density at radius 1 is 1.65 bits per heavy atom. The predicted molar refractivity (Wildman–Crippen MR) is 67.5 cm³/mol. The van der Waals surface area contributed by atoms with Crippen molar-refractivity contribution < 1.29 is 9.53 Å². The largest absolute Gasteiger partial charge is 0.396 e. The molecule has 0 spiro atoms. The summed E-state index contributed by atoms with van der Waals surface area (Å²) in [5.74, 6) is 0.133. The van der Waals surface area contributed by atoms with E-state index in [0.717, 1.165) is 4.47 Å². The maximum atomic E-state index is 11.3. The number of primary amides is 1. The molecule has 1 aliphatic heterocycles. The Balaban J connectivity index is 2.32. The summed E-state index contributed by atoms with van der Waals surface area (Å²) >= 11 is 3.29. The Bertz CT molecular complexity index is 440. The molecule has 0 radical (unpaired) electrons. The number of morpholine rings is 1. The lowest BCUT2D eigenvalue weighted by molar-refractivity contribution is -0.121. The van der Waals surface area contributed by atoms with Gasteiger partial charge in [0.2, 0.25) is 5.91 Å². The van der Waals surface area contributed by atoms with Gasteiger partial charge in [-0.15, -0.1) is 0 Å². The summed E-state index contributed by atoms with van der Waals surface area (Å²) in [5, 5.41) is 0. The van der Waals surface area contributed by atoms with Crippen LogP contribution in [0.5, 0.6) is 0 Å². The van der Waals surface area contributed by atoms with Crippen LogP contribution in [-0.2, 0) is 9.53 Å². The number of hydrogen-bond donors (Lipinski definition) is 2. The highest BCUT2D eigenvalue weighted by Gasteiger charge is 2.29. The van der Waals surface area contributed by atoms with Gasteiger partial charge in [-0.3, -0.25) is 4.79 Å². The first-order chi connectivity index (χ1) is 8.09. The first-order valence-electron chi connectivity index (χ1n) is 5.14. The van der Waals surface area contributed by atoms with Gasteiger partial charge in [0.15, 0.2) is 5.82 Å². The van der Waals surface area contributed by atoms with Crippen LogP contribution >= 0.6 is 15.9 Å². The van der Waals surface area contributed by atoms with E-state index in [-0.39, 0.29) is 6.61 Å². The maximum Gasteiger partial charge on any atom is 0.242 e. The summed E-state index contributed by atoms with van der Waals surface area (Å²) in [4.78, 5) is 17.3. The number of aromatic nitrogens is 1. The van der Waals surface area contributed by atoms with Crippen molar-refractivity contribution in [1.29, 1.82) is 0 Å². The summed E-state index contributed by atoms with van der Waals surface area (Å²) < 4.78 is 6.03. The zero-order chi connectivity index (χ0) is 12.4. The van der Waals surface area contributed by atoms with Gasteiger partial charge in [0.05, 0.1) is 18.9 Å². The second kappa shape index (κ2) is 4.89. The van der Waals surface area contributed by atoms with E-state index >= 15 is 0 Å². The number of carbonyl (C=O) groups is 1. The molecule has 92 valence electrons. The van der Waals surface area contributed by atoms with Crippen LogP contribution in [0.25, 0.3) is 0 Å². The van der Waals surface area contributed by atoms with E-state index in [9.17, 15) is 4.79 Å². The van der Waals surface area contributed by atoms with Crippen LogP contribution in [0.15, 0.2) is 16.7 Å². The molecule has 0 saturated carbocycles. The molecule has 1 aliphatic rings. The molecular formula is C10H13BrN4O2. The lowest BCUT2D eigenvalue weighted by Gasteiger charge is -2.34. The van der Waals surface area contributed by atoms with Crippen molar-refractivity contribution in [3.63, 3.8) is 0 Å². The quantitative estimate of drug-likeness (QED) is 0.809. The average molecular weight is 301 g/mol. The lowest BCUT2D eigenvalue weighted by Crippen LogP contribution is -2.53. The van der Waals surface area contributed by atoms with E-state index in [0.29, 0.717) is 24.7 Å². The van der Waals surface area contributed by atoms with Crippen molar-refractivity contribution in [2.24, 2.45) is 5.73 Å². The molecule has 1 saturated heterocycles. The fourth-order valence-corrected chi connectivity index (χ4v) is 2.13. The van der Waals surface area contributed by atoms with Crippen LogP contribution in [-0.4, -0.2) is 36.7 Å². The molecule has 2 heterocycles. The van der Waals surface area contributed by atoms with E-state index in [1.165, 1.54) is 0 Å². The number of nitrogens with zero attached hydrogens (tertiary/aromatic N) is 2. The molecule has 17 heavy (non-hydrogen) atoms. The van der Waals surface area contributed by atoms with Gasteiger partial charge in [0.25, 0.3) is 0 Å². The Kier molecular flexibility index (Phi) is 3.49. The maximum absolute atomic E-state index is 11.3. The van der Waals surface area contributed by atoms with Gasteiger partial charge in [0, 0.05) is 17.2 Å². The van der Waals surface area contributed by atoms with Crippen molar-refractivity contribution in [1.82, 2.24) is 4.98 Å². The Morgan fingerprint density at radius 2 is 2.41 bits per heavy atom. The zero-order valence-corrected chi connectivity index (χ0v) is 10.7.